The van der Waals surface area contributed by atoms with Gasteiger partial charge in [-0.2, -0.15) is 0 Å². The van der Waals surface area contributed by atoms with Crippen LogP contribution in [0.2, 0.25) is 0 Å². The van der Waals surface area contributed by atoms with Gasteiger partial charge < -0.3 is 14.2 Å². The van der Waals surface area contributed by atoms with E-state index in [0.29, 0.717) is 13.0 Å². The van der Waals surface area contributed by atoms with E-state index in [4.69, 9.17) is 14.2 Å². The Morgan fingerprint density at radius 1 is 0.387 bits per heavy atom. The first-order chi connectivity index (χ1) is 30.6. The molecule has 0 saturated heterocycles. The van der Waals surface area contributed by atoms with Gasteiger partial charge in [0.2, 0.25) is 0 Å². The summed E-state index contributed by atoms with van der Waals surface area (Å²) in [5, 5.41) is 0. The minimum absolute atomic E-state index is 0.00416. The standard InChI is InChI=1S/C57H92O5/c1-4-7-10-13-16-19-22-25-28-31-34-37-40-43-46-49-52-60-53-55(62-57(59)51-48-45-42-39-36-33-30-27-24-21-18-15-12-9-6-3)54-61-56(58)50-47-44-41-38-35-32-29-26-23-20-17-14-11-8-5-2/h7-8,10-11,16-17,19-20,25-26,28-29,34-35,37-38,43-44,46-47,55H,4-6,9,12-15,18,21-24,27,30-33,36,39-42,45,48-54H2,1-3H3/b10-7-,11-8-,19-16-,20-17-,28-25-,29-26-,37-34-,38-35-,46-43-,47-44-. The zero-order chi connectivity index (χ0) is 44.9. The zero-order valence-corrected chi connectivity index (χ0v) is 40.1. The summed E-state index contributed by atoms with van der Waals surface area (Å²) in [6.45, 7) is 7.27. The van der Waals surface area contributed by atoms with Gasteiger partial charge in [-0.05, 0) is 77.0 Å². The third-order valence-electron chi connectivity index (χ3n) is 10.0. The summed E-state index contributed by atoms with van der Waals surface area (Å²) < 4.78 is 17.2. The SMILES string of the molecule is CC/C=C\C/C=C\C/C=C\C/C=C\C/C=C\CCOCC(COC(=O)C/C=C\C/C=C\C/C=C\C/C=C\C/C=C\CC)OC(=O)CCCCCCCCCCCCCCCCC. The molecule has 350 valence electrons. The molecule has 1 atom stereocenters. The molecule has 0 aromatic carbocycles. The van der Waals surface area contributed by atoms with Crippen molar-refractivity contribution < 1.29 is 23.8 Å². The number of ether oxygens (including phenoxy) is 3. The van der Waals surface area contributed by atoms with Gasteiger partial charge in [0.05, 0.1) is 19.6 Å². The molecule has 0 aromatic heterocycles. The molecular weight excluding hydrogens is 765 g/mol. The van der Waals surface area contributed by atoms with E-state index in [1.54, 1.807) is 0 Å². The fourth-order valence-electron chi connectivity index (χ4n) is 6.41. The first-order valence-corrected chi connectivity index (χ1v) is 25.1. The Morgan fingerprint density at radius 3 is 1.15 bits per heavy atom. The van der Waals surface area contributed by atoms with E-state index in [1.165, 1.54) is 77.0 Å². The number of rotatable bonds is 44. The second kappa shape index (κ2) is 51.6. The third-order valence-corrected chi connectivity index (χ3v) is 10.0. The molecule has 0 N–H and O–H groups in total. The Morgan fingerprint density at radius 2 is 0.742 bits per heavy atom. The molecule has 0 fully saturated rings. The van der Waals surface area contributed by atoms with Gasteiger partial charge in [-0.3, -0.25) is 9.59 Å². The van der Waals surface area contributed by atoms with Crippen molar-refractivity contribution in [1.82, 2.24) is 0 Å². The van der Waals surface area contributed by atoms with Crippen LogP contribution in [-0.4, -0.2) is 37.9 Å². The van der Waals surface area contributed by atoms with Crippen LogP contribution in [0, 0.1) is 0 Å². The highest BCUT2D eigenvalue weighted by Gasteiger charge is 2.17. The third kappa shape index (κ3) is 49.0. The molecule has 5 heteroatoms. The second-order valence-corrected chi connectivity index (χ2v) is 16.0. The number of hydrogen-bond donors (Lipinski definition) is 0. The van der Waals surface area contributed by atoms with E-state index >= 15 is 0 Å². The molecule has 1 unspecified atom stereocenters. The average molecular weight is 857 g/mol. The molecule has 0 spiro atoms. The minimum atomic E-state index is -0.621. The lowest BCUT2D eigenvalue weighted by molar-refractivity contribution is -0.162. The molecule has 0 radical (unpaired) electrons. The summed E-state index contributed by atoms with van der Waals surface area (Å²) in [7, 11) is 0. The number of esters is 2. The van der Waals surface area contributed by atoms with Crippen LogP contribution in [0.4, 0.5) is 0 Å². The lowest BCUT2D eigenvalue weighted by atomic mass is 10.0. The van der Waals surface area contributed by atoms with E-state index in [0.717, 1.165) is 89.9 Å². The van der Waals surface area contributed by atoms with Crippen molar-refractivity contribution >= 4 is 11.9 Å². The van der Waals surface area contributed by atoms with Gasteiger partial charge in [0.1, 0.15) is 6.61 Å². The van der Waals surface area contributed by atoms with Crippen molar-refractivity contribution in [3.8, 4) is 0 Å². The topological polar surface area (TPSA) is 61.8 Å². The van der Waals surface area contributed by atoms with Crippen LogP contribution in [0.5, 0.6) is 0 Å². The van der Waals surface area contributed by atoms with Gasteiger partial charge in [-0.15, -0.1) is 0 Å². The summed E-state index contributed by atoms with van der Waals surface area (Å²) in [5.74, 6) is -0.589. The van der Waals surface area contributed by atoms with Crippen LogP contribution in [0.3, 0.4) is 0 Å². The maximum atomic E-state index is 12.8. The van der Waals surface area contributed by atoms with Crippen molar-refractivity contribution in [3.63, 3.8) is 0 Å². The molecule has 0 amide bonds. The van der Waals surface area contributed by atoms with Crippen LogP contribution in [0.15, 0.2) is 122 Å². The highest BCUT2D eigenvalue weighted by atomic mass is 16.6. The highest BCUT2D eigenvalue weighted by Crippen LogP contribution is 2.14. The summed E-state index contributed by atoms with van der Waals surface area (Å²) in [4.78, 5) is 25.3. The Bertz CT molecular complexity index is 1290. The van der Waals surface area contributed by atoms with Crippen molar-refractivity contribution in [2.75, 3.05) is 19.8 Å². The molecule has 5 nitrogen and oxygen atoms in total. The van der Waals surface area contributed by atoms with Gasteiger partial charge >= 0.3 is 11.9 Å². The normalized spacial score (nSPS) is 13.3. The number of unbranched alkanes of at least 4 members (excludes halogenated alkanes) is 14. The Labute approximate surface area is 382 Å². The van der Waals surface area contributed by atoms with Crippen LogP contribution in [0.1, 0.15) is 201 Å². The number of carbonyl (C=O) groups is 2. The molecule has 0 aliphatic heterocycles. The molecule has 0 bridgehead atoms. The molecule has 62 heavy (non-hydrogen) atoms. The fourth-order valence-corrected chi connectivity index (χ4v) is 6.41. The van der Waals surface area contributed by atoms with E-state index in [9.17, 15) is 9.59 Å². The van der Waals surface area contributed by atoms with Crippen LogP contribution >= 0.6 is 0 Å². The highest BCUT2D eigenvalue weighted by molar-refractivity contribution is 5.71. The molecule has 0 heterocycles. The first-order valence-electron chi connectivity index (χ1n) is 25.1. The maximum Gasteiger partial charge on any atom is 0.309 e. The zero-order valence-electron chi connectivity index (χ0n) is 40.1. The Balaban J connectivity index is 4.52. The Kier molecular flexibility index (Phi) is 48.6. The first kappa shape index (κ1) is 58.3. The van der Waals surface area contributed by atoms with Gasteiger partial charge in [0.15, 0.2) is 6.10 Å². The summed E-state index contributed by atoms with van der Waals surface area (Å²) in [6.07, 6.45) is 72.5. The van der Waals surface area contributed by atoms with E-state index in [-0.39, 0.29) is 31.6 Å². The number of allylic oxidation sites excluding steroid dienone is 18. The van der Waals surface area contributed by atoms with Crippen molar-refractivity contribution in [3.05, 3.63) is 122 Å². The van der Waals surface area contributed by atoms with E-state index in [1.807, 2.05) is 12.2 Å². The molecule has 0 aliphatic carbocycles. The molecule has 0 saturated carbocycles. The van der Waals surface area contributed by atoms with Crippen LogP contribution < -0.4 is 0 Å². The summed E-state index contributed by atoms with van der Waals surface area (Å²) >= 11 is 0. The fraction of sp³-hybridized carbons (Fsp3) is 0.614. The predicted molar refractivity (Wildman–Crippen MR) is 269 cm³/mol. The molecule has 0 rings (SSSR count). The predicted octanol–water partition coefficient (Wildman–Crippen LogP) is 17.0. The van der Waals surface area contributed by atoms with Crippen molar-refractivity contribution in [1.29, 1.82) is 0 Å². The second-order valence-electron chi connectivity index (χ2n) is 16.0. The molecule has 0 aromatic rings. The monoisotopic (exact) mass is 857 g/mol. The number of hydrogen-bond acceptors (Lipinski definition) is 5. The lowest BCUT2D eigenvalue weighted by Crippen LogP contribution is -2.30. The smallest absolute Gasteiger partial charge is 0.309 e. The van der Waals surface area contributed by atoms with Crippen LogP contribution in [0.25, 0.3) is 0 Å². The quantitative estimate of drug-likeness (QED) is 0.0347. The van der Waals surface area contributed by atoms with Gasteiger partial charge in [-0.1, -0.05) is 232 Å². The Hall–Kier alpha value is -3.70. The largest absolute Gasteiger partial charge is 0.461 e. The van der Waals surface area contributed by atoms with Crippen molar-refractivity contribution in [2.24, 2.45) is 0 Å². The van der Waals surface area contributed by atoms with Gasteiger partial charge in [0, 0.05) is 6.42 Å². The average Bonchev–Trinajstić information content (AvgIpc) is 3.27. The van der Waals surface area contributed by atoms with Crippen molar-refractivity contribution in [2.45, 2.75) is 207 Å². The molecular formula is C57H92O5. The minimum Gasteiger partial charge on any atom is -0.461 e. The number of carbonyl (C=O) groups excluding carboxylic acids is 2. The van der Waals surface area contributed by atoms with Gasteiger partial charge in [0.25, 0.3) is 0 Å². The van der Waals surface area contributed by atoms with Crippen LogP contribution in [-0.2, 0) is 23.8 Å². The molecule has 0 aliphatic rings. The summed E-state index contributed by atoms with van der Waals surface area (Å²) in [5.41, 5.74) is 0. The van der Waals surface area contributed by atoms with Gasteiger partial charge in [-0.25, -0.2) is 0 Å². The maximum absolute atomic E-state index is 12.8. The van der Waals surface area contributed by atoms with E-state index in [2.05, 4.69) is 130 Å². The summed E-state index contributed by atoms with van der Waals surface area (Å²) in [6, 6.07) is 0. The van der Waals surface area contributed by atoms with E-state index < -0.39 is 6.10 Å². The lowest BCUT2D eigenvalue weighted by Gasteiger charge is -2.18.